The summed E-state index contributed by atoms with van der Waals surface area (Å²) in [6.07, 6.45) is 2.08. The Morgan fingerprint density at radius 1 is 1.00 bits per heavy atom. The van der Waals surface area contributed by atoms with Crippen molar-refractivity contribution in [2.45, 2.75) is 24.9 Å². The lowest BCUT2D eigenvalue weighted by Gasteiger charge is -2.45. The van der Waals surface area contributed by atoms with E-state index in [9.17, 15) is 10.2 Å². The standard InChI is InChI=1S/C10H18O4/c11-7-9(1-4-13-5-2-9)10(12)3-6-14-8-10/h11-12H,1-8H2. The van der Waals surface area contributed by atoms with Crippen LogP contribution >= 0.6 is 0 Å². The highest BCUT2D eigenvalue weighted by Gasteiger charge is 2.52. The van der Waals surface area contributed by atoms with E-state index in [1.165, 1.54) is 0 Å². The van der Waals surface area contributed by atoms with Crippen LogP contribution in [-0.2, 0) is 9.47 Å². The fraction of sp³-hybridized carbons (Fsp3) is 1.00. The third-order valence-electron chi connectivity index (χ3n) is 3.74. The highest BCUT2D eigenvalue weighted by Crippen LogP contribution is 2.44. The van der Waals surface area contributed by atoms with Gasteiger partial charge in [0.2, 0.25) is 0 Å². The molecule has 0 aromatic rings. The van der Waals surface area contributed by atoms with Crippen molar-refractivity contribution in [2.24, 2.45) is 5.41 Å². The molecule has 82 valence electrons. The van der Waals surface area contributed by atoms with Crippen molar-refractivity contribution in [1.29, 1.82) is 0 Å². The minimum Gasteiger partial charge on any atom is -0.396 e. The van der Waals surface area contributed by atoms with Crippen molar-refractivity contribution in [2.75, 3.05) is 33.0 Å². The molecule has 0 saturated carbocycles. The summed E-state index contributed by atoms with van der Waals surface area (Å²) in [5.41, 5.74) is -1.24. The van der Waals surface area contributed by atoms with Gasteiger partial charge in [0.05, 0.1) is 18.8 Å². The number of hydrogen-bond donors (Lipinski definition) is 2. The summed E-state index contributed by atoms with van der Waals surface area (Å²) in [5.74, 6) is 0. The Balaban J connectivity index is 2.16. The van der Waals surface area contributed by atoms with Crippen LogP contribution in [0.2, 0.25) is 0 Å². The Labute approximate surface area is 83.8 Å². The predicted octanol–water partition coefficient (Wildman–Crippen LogP) is -0.0731. The van der Waals surface area contributed by atoms with Crippen LogP contribution in [0.3, 0.4) is 0 Å². The van der Waals surface area contributed by atoms with Crippen LogP contribution in [0.25, 0.3) is 0 Å². The Kier molecular flexibility index (Phi) is 2.79. The molecule has 4 nitrogen and oxygen atoms in total. The second-order valence-electron chi connectivity index (χ2n) is 4.38. The van der Waals surface area contributed by atoms with Gasteiger partial charge in [0.15, 0.2) is 0 Å². The normalized spacial score (nSPS) is 37.3. The zero-order valence-corrected chi connectivity index (χ0v) is 8.37. The van der Waals surface area contributed by atoms with Gasteiger partial charge in [-0.2, -0.15) is 0 Å². The van der Waals surface area contributed by atoms with E-state index < -0.39 is 11.0 Å². The molecule has 14 heavy (non-hydrogen) atoms. The zero-order valence-electron chi connectivity index (χ0n) is 8.37. The van der Waals surface area contributed by atoms with Crippen LogP contribution in [0.5, 0.6) is 0 Å². The lowest BCUT2D eigenvalue weighted by molar-refractivity contribution is -0.152. The van der Waals surface area contributed by atoms with Gasteiger partial charge in [-0.15, -0.1) is 0 Å². The van der Waals surface area contributed by atoms with E-state index in [0.717, 1.165) is 12.8 Å². The van der Waals surface area contributed by atoms with Crippen LogP contribution in [0, 0.1) is 5.41 Å². The first-order chi connectivity index (χ1) is 6.72. The van der Waals surface area contributed by atoms with E-state index in [1.54, 1.807) is 0 Å². The van der Waals surface area contributed by atoms with Gasteiger partial charge in [-0.25, -0.2) is 0 Å². The monoisotopic (exact) mass is 202 g/mol. The van der Waals surface area contributed by atoms with Crippen molar-refractivity contribution in [1.82, 2.24) is 0 Å². The van der Waals surface area contributed by atoms with Crippen molar-refractivity contribution in [3.63, 3.8) is 0 Å². The third kappa shape index (κ3) is 1.46. The van der Waals surface area contributed by atoms with Gasteiger partial charge in [-0.05, 0) is 12.8 Å². The first-order valence-corrected chi connectivity index (χ1v) is 5.21. The van der Waals surface area contributed by atoms with Gasteiger partial charge in [-0.1, -0.05) is 0 Å². The quantitative estimate of drug-likeness (QED) is 0.658. The van der Waals surface area contributed by atoms with Gasteiger partial charge in [-0.3, -0.25) is 0 Å². The summed E-state index contributed by atoms with van der Waals surface area (Å²) in [4.78, 5) is 0. The highest BCUT2D eigenvalue weighted by atomic mass is 16.5. The van der Waals surface area contributed by atoms with Gasteiger partial charge in [0, 0.05) is 31.7 Å². The van der Waals surface area contributed by atoms with Crippen molar-refractivity contribution in [3.05, 3.63) is 0 Å². The minimum absolute atomic E-state index is 0.0240. The number of ether oxygens (including phenoxy) is 2. The fourth-order valence-corrected chi connectivity index (χ4v) is 2.51. The van der Waals surface area contributed by atoms with E-state index in [4.69, 9.17) is 9.47 Å². The molecule has 2 fully saturated rings. The summed E-state index contributed by atoms with van der Waals surface area (Å²) in [5, 5.41) is 19.9. The second kappa shape index (κ2) is 3.77. The van der Waals surface area contributed by atoms with E-state index in [0.29, 0.717) is 32.8 Å². The van der Waals surface area contributed by atoms with E-state index in [-0.39, 0.29) is 6.61 Å². The largest absolute Gasteiger partial charge is 0.396 e. The lowest BCUT2D eigenvalue weighted by atomic mass is 9.67. The third-order valence-corrected chi connectivity index (χ3v) is 3.74. The molecule has 2 N–H and O–H groups in total. The Bertz CT molecular complexity index is 192. The summed E-state index contributed by atoms with van der Waals surface area (Å²) in [6, 6.07) is 0. The molecule has 1 unspecified atom stereocenters. The number of rotatable bonds is 2. The Morgan fingerprint density at radius 2 is 1.64 bits per heavy atom. The molecule has 2 heterocycles. The molecule has 0 spiro atoms. The summed E-state index contributed by atoms with van der Waals surface area (Å²) >= 11 is 0. The summed E-state index contributed by atoms with van der Waals surface area (Å²) in [7, 11) is 0. The number of aliphatic hydroxyl groups is 2. The maximum absolute atomic E-state index is 10.4. The fourth-order valence-electron chi connectivity index (χ4n) is 2.51. The second-order valence-corrected chi connectivity index (χ2v) is 4.38. The molecule has 0 radical (unpaired) electrons. The topological polar surface area (TPSA) is 58.9 Å². The first kappa shape index (κ1) is 10.4. The molecule has 0 aliphatic carbocycles. The molecule has 2 rings (SSSR count). The van der Waals surface area contributed by atoms with Gasteiger partial charge in [0.25, 0.3) is 0 Å². The molecule has 2 saturated heterocycles. The lowest BCUT2D eigenvalue weighted by Crippen LogP contribution is -2.54. The SMILES string of the molecule is OCC1(C2(O)CCOC2)CCOCC1. The molecular formula is C10H18O4. The molecule has 2 aliphatic heterocycles. The van der Waals surface area contributed by atoms with Crippen LogP contribution in [-0.4, -0.2) is 48.8 Å². The Morgan fingerprint density at radius 3 is 2.14 bits per heavy atom. The molecule has 2 aliphatic rings. The summed E-state index contributed by atoms with van der Waals surface area (Å²) in [6.45, 7) is 2.23. The van der Waals surface area contributed by atoms with Crippen LogP contribution in [0.1, 0.15) is 19.3 Å². The first-order valence-electron chi connectivity index (χ1n) is 5.21. The summed E-state index contributed by atoms with van der Waals surface area (Å²) < 4.78 is 10.5. The highest BCUT2D eigenvalue weighted by molar-refractivity contribution is 5.01. The molecule has 4 heteroatoms. The maximum Gasteiger partial charge on any atom is 0.0981 e. The van der Waals surface area contributed by atoms with Gasteiger partial charge in [0.1, 0.15) is 0 Å². The Hall–Kier alpha value is -0.160. The smallest absolute Gasteiger partial charge is 0.0981 e. The number of aliphatic hydroxyl groups excluding tert-OH is 1. The average Bonchev–Trinajstić information content (AvgIpc) is 2.68. The van der Waals surface area contributed by atoms with Gasteiger partial charge >= 0.3 is 0 Å². The van der Waals surface area contributed by atoms with E-state index >= 15 is 0 Å². The van der Waals surface area contributed by atoms with Crippen molar-refractivity contribution >= 4 is 0 Å². The zero-order chi connectivity index (χ0) is 10.1. The number of hydrogen-bond acceptors (Lipinski definition) is 4. The molecule has 1 atom stereocenters. The van der Waals surface area contributed by atoms with Crippen molar-refractivity contribution < 1.29 is 19.7 Å². The van der Waals surface area contributed by atoms with Gasteiger partial charge < -0.3 is 19.7 Å². The van der Waals surface area contributed by atoms with Crippen LogP contribution in [0.15, 0.2) is 0 Å². The van der Waals surface area contributed by atoms with E-state index in [2.05, 4.69) is 0 Å². The van der Waals surface area contributed by atoms with Crippen molar-refractivity contribution in [3.8, 4) is 0 Å². The predicted molar refractivity (Wildman–Crippen MR) is 50.0 cm³/mol. The van der Waals surface area contributed by atoms with Crippen LogP contribution in [0.4, 0.5) is 0 Å². The van der Waals surface area contributed by atoms with E-state index in [1.807, 2.05) is 0 Å². The molecular weight excluding hydrogens is 184 g/mol. The molecule has 0 bridgehead atoms. The molecule has 0 aromatic carbocycles. The maximum atomic E-state index is 10.4. The molecule has 0 amide bonds. The minimum atomic E-state index is -0.842. The average molecular weight is 202 g/mol. The van der Waals surface area contributed by atoms with Crippen LogP contribution < -0.4 is 0 Å². The molecule has 0 aromatic heterocycles.